The first-order chi connectivity index (χ1) is 17.1. The number of nitrogens with one attached hydrogen (secondary N) is 1. The Bertz CT molecular complexity index is 1570. The van der Waals surface area contributed by atoms with E-state index >= 15 is 0 Å². The molecular weight excluding hydrogens is 462 g/mol. The van der Waals surface area contributed by atoms with Gasteiger partial charge < -0.3 is 4.74 Å². The first-order valence-electron chi connectivity index (χ1n) is 10.8. The van der Waals surface area contributed by atoms with E-state index in [4.69, 9.17) is 4.74 Å². The molecule has 172 valence electrons. The molecule has 1 heterocycles. The average molecular weight is 482 g/mol. The van der Waals surface area contributed by atoms with Gasteiger partial charge in [0.2, 0.25) is 0 Å². The molecule has 8 heteroatoms. The van der Waals surface area contributed by atoms with Crippen LogP contribution in [0.1, 0.15) is 20.8 Å². The number of hydrazone groups is 1. The maximum atomic E-state index is 12.4. The molecule has 7 nitrogen and oxygen atoms in total. The zero-order chi connectivity index (χ0) is 24.2. The molecule has 0 saturated heterocycles. The number of nitrogens with zero attached hydrogens (tertiary/aromatic N) is 2. The molecule has 4 aromatic carbocycles. The van der Waals surface area contributed by atoms with Crippen molar-refractivity contribution < 1.29 is 14.5 Å². The Labute approximate surface area is 204 Å². The van der Waals surface area contributed by atoms with Crippen LogP contribution in [0.25, 0.3) is 20.9 Å². The third-order valence-electron chi connectivity index (χ3n) is 5.47. The van der Waals surface area contributed by atoms with Gasteiger partial charge >= 0.3 is 0 Å². The van der Waals surface area contributed by atoms with E-state index < -0.39 is 4.92 Å². The van der Waals surface area contributed by atoms with Crippen LogP contribution in [0.4, 0.5) is 5.69 Å². The number of thiophene rings is 1. The van der Waals surface area contributed by atoms with Crippen molar-refractivity contribution >= 4 is 50.0 Å². The van der Waals surface area contributed by atoms with Gasteiger partial charge in [-0.2, -0.15) is 5.10 Å². The van der Waals surface area contributed by atoms with Crippen LogP contribution in [-0.2, 0) is 6.61 Å². The minimum absolute atomic E-state index is 0.00942. The number of carbonyl (C=O) groups excluding carboxylic acids is 1. The standard InChI is InChI=1S/C27H19N3O4S/c31-27(26-15-21-14-22(30(32)33)10-13-25(21)35-26)29-28-16-18-8-11-23(12-9-18)34-17-20-6-3-5-19-4-1-2-7-24(19)20/h1-16H,17H2,(H,29,31)/b28-16-. The molecule has 0 aliphatic rings. The van der Waals surface area contributed by atoms with Gasteiger partial charge in [-0.25, -0.2) is 5.43 Å². The topological polar surface area (TPSA) is 93.8 Å². The van der Waals surface area contributed by atoms with Gasteiger partial charge in [-0.1, -0.05) is 42.5 Å². The van der Waals surface area contributed by atoms with E-state index in [1.165, 1.54) is 34.2 Å². The van der Waals surface area contributed by atoms with Crippen LogP contribution in [0.5, 0.6) is 5.75 Å². The predicted molar refractivity (Wildman–Crippen MR) is 138 cm³/mol. The Balaban J connectivity index is 1.19. The third-order valence-corrected chi connectivity index (χ3v) is 6.58. The first-order valence-corrected chi connectivity index (χ1v) is 11.6. The lowest BCUT2D eigenvalue weighted by molar-refractivity contribution is -0.384. The summed E-state index contributed by atoms with van der Waals surface area (Å²) in [6.07, 6.45) is 1.55. The second-order valence-electron chi connectivity index (χ2n) is 7.78. The van der Waals surface area contributed by atoms with Crippen molar-refractivity contribution in [2.24, 2.45) is 5.10 Å². The second-order valence-corrected chi connectivity index (χ2v) is 8.87. The fourth-order valence-electron chi connectivity index (χ4n) is 3.71. The maximum absolute atomic E-state index is 12.4. The Kier molecular flexibility index (Phi) is 6.19. The third kappa shape index (κ3) is 5.02. The quantitative estimate of drug-likeness (QED) is 0.168. The monoisotopic (exact) mass is 481 g/mol. The highest BCUT2D eigenvalue weighted by molar-refractivity contribution is 7.20. The van der Waals surface area contributed by atoms with Crippen molar-refractivity contribution in [3.05, 3.63) is 117 Å². The molecule has 0 fully saturated rings. The van der Waals surface area contributed by atoms with Crippen LogP contribution in [0.2, 0.25) is 0 Å². The Morgan fingerprint density at radius 2 is 1.77 bits per heavy atom. The minimum atomic E-state index is -0.457. The van der Waals surface area contributed by atoms with E-state index in [1.54, 1.807) is 18.3 Å². The van der Waals surface area contributed by atoms with Crippen LogP contribution >= 0.6 is 11.3 Å². The number of non-ortho nitro benzene ring substituents is 1. The number of rotatable bonds is 7. The van der Waals surface area contributed by atoms with E-state index in [-0.39, 0.29) is 11.6 Å². The van der Waals surface area contributed by atoms with E-state index in [0.29, 0.717) is 16.9 Å². The maximum Gasteiger partial charge on any atom is 0.281 e. The number of hydrogen-bond acceptors (Lipinski definition) is 6. The van der Waals surface area contributed by atoms with Crippen molar-refractivity contribution in [1.29, 1.82) is 0 Å². The molecule has 0 atom stereocenters. The van der Waals surface area contributed by atoms with Gasteiger partial charge in [-0.15, -0.1) is 11.3 Å². The lowest BCUT2D eigenvalue weighted by Crippen LogP contribution is -2.16. The summed E-state index contributed by atoms with van der Waals surface area (Å²) in [5.74, 6) is 0.360. The molecule has 0 unspecified atom stereocenters. The molecule has 5 rings (SSSR count). The number of carbonyl (C=O) groups is 1. The average Bonchev–Trinajstić information content (AvgIpc) is 3.32. The largest absolute Gasteiger partial charge is 0.489 e. The number of hydrogen-bond donors (Lipinski definition) is 1. The van der Waals surface area contributed by atoms with Crippen molar-refractivity contribution in [1.82, 2.24) is 5.43 Å². The number of ether oxygens (including phenoxy) is 1. The molecule has 0 saturated carbocycles. The summed E-state index contributed by atoms with van der Waals surface area (Å²) in [5.41, 5.74) is 4.41. The number of amides is 1. The molecule has 0 radical (unpaired) electrons. The lowest BCUT2D eigenvalue weighted by Gasteiger charge is -2.09. The number of nitro groups is 1. The zero-order valence-corrected chi connectivity index (χ0v) is 19.2. The van der Waals surface area contributed by atoms with Crippen molar-refractivity contribution in [3.63, 3.8) is 0 Å². The van der Waals surface area contributed by atoms with Crippen molar-refractivity contribution in [3.8, 4) is 5.75 Å². The number of fused-ring (bicyclic) bond motifs is 2. The number of nitro benzene ring substituents is 1. The molecule has 5 aromatic rings. The Morgan fingerprint density at radius 3 is 2.60 bits per heavy atom. The summed E-state index contributed by atoms with van der Waals surface area (Å²) in [4.78, 5) is 23.3. The van der Waals surface area contributed by atoms with Gasteiger partial charge in [-0.05, 0) is 58.3 Å². The zero-order valence-electron chi connectivity index (χ0n) is 18.4. The molecule has 1 N–H and O–H groups in total. The summed E-state index contributed by atoms with van der Waals surface area (Å²) >= 11 is 1.25. The minimum Gasteiger partial charge on any atom is -0.489 e. The fourth-order valence-corrected chi connectivity index (χ4v) is 4.64. The molecule has 0 bridgehead atoms. The van der Waals surface area contributed by atoms with Gasteiger partial charge in [0.1, 0.15) is 12.4 Å². The van der Waals surface area contributed by atoms with Crippen LogP contribution in [0.15, 0.2) is 96.1 Å². The predicted octanol–water partition coefficient (Wildman–Crippen LogP) is 6.31. The second kappa shape index (κ2) is 9.74. The normalized spacial score (nSPS) is 11.2. The molecule has 0 aliphatic heterocycles. The van der Waals surface area contributed by atoms with E-state index in [0.717, 1.165) is 21.6 Å². The van der Waals surface area contributed by atoms with Gasteiger partial charge in [-0.3, -0.25) is 14.9 Å². The highest BCUT2D eigenvalue weighted by Gasteiger charge is 2.13. The SMILES string of the molecule is O=C(N/N=C\c1ccc(OCc2cccc3ccccc23)cc1)c1cc2cc([N+](=O)[O-])ccc2s1. The first kappa shape index (κ1) is 22.2. The Morgan fingerprint density at radius 1 is 0.971 bits per heavy atom. The van der Waals surface area contributed by atoms with E-state index in [1.807, 2.05) is 42.5 Å². The Hall–Kier alpha value is -4.56. The summed E-state index contributed by atoms with van der Waals surface area (Å²) in [7, 11) is 0. The highest BCUT2D eigenvalue weighted by Crippen LogP contribution is 2.29. The smallest absolute Gasteiger partial charge is 0.281 e. The summed E-state index contributed by atoms with van der Waals surface area (Å²) < 4.78 is 6.75. The molecule has 0 aliphatic carbocycles. The summed E-state index contributed by atoms with van der Waals surface area (Å²) in [6.45, 7) is 0.461. The number of benzene rings is 4. The lowest BCUT2D eigenvalue weighted by atomic mass is 10.1. The molecule has 0 spiro atoms. The van der Waals surface area contributed by atoms with Crippen LogP contribution in [-0.4, -0.2) is 17.0 Å². The highest BCUT2D eigenvalue weighted by atomic mass is 32.1. The van der Waals surface area contributed by atoms with Gasteiger partial charge in [0.05, 0.1) is 16.0 Å². The van der Waals surface area contributed by atoms with E-state index in [9.17, 15) is 14.9 Å². The van der Waals surface area contributed by atoms with Crippen molar-refractivity contribution in [2.45, 2.75) is 6.61 Å². The summed E-state index contributed by atoms with van der Waals surface area (Å²) in [6, 6.07) is 27.9. The van der Waals surface area contributed by atoms with Gasteiger partial charge in [0.15, 0.2) is 0 Å². The van der Waals surface area contributed by atoms with Gasteiger partial charge in [0, 0.05) is 22.2 Å². The molecule has 1 amide bonds. The fraction of sp³-hybridized carbons (Fsp3) is 0.0370. The van der Waals surface area contributed by atoms with Crippen LogP contribution in [0.3, 0.4) is 0 Å². The van der Waals surface area contributed by atoms with Crippen LogP contribution < -0.4 is 10.2 Å². The van der Waals surface area contributed by atoms with Crippen molar-refractivity contribution in [2.75, 3.05) is 0 Å². The van der Waals surface area contributed by atoms with Crippen LogP contribution in [0, 0.1) is 10.1 Å². The summed E-state index contributed by atoms with van der Waals surface area (Å²) in [5, 5.41) is 18.0. The van der Waals surface area contributed by atoms with E-state index in [2.05, 4.69) is 34.8 Å². The molecule has 1 aromatic heterocycles. The molecule has 35 heavy (non-hydrogen) atoms. The van der Waals surface area contributed by atoms with Gasteiger partial charge in [0.25, 0.3) is 11.6 Å². The molecular formula is C27H19N3O4S.